The van der Waals surface area contributed by atoms with Crippen molar-refractivity contribution in [3.8, 4) is 0 Å². The van der Waals surface area contributed by atoms with Crippen LogP contribution in [-0.2, 0) is 14.8 Å². The minimum atomic E-state index is -3.52. The number of hydrogen-bond donors (Lipinski definition) is 4. The molecule has 1 aromatic heterocycles. The van der Waals surface area contributed by atoms with Gasteiger partial charge in [-0.1, -0.05) is 0 Å². The fourth-order valence-corrected chi connectivity index (χ4v) is 3.20. The molecule has 0 aromatic carbocycles. The normalized spacial score (nSPS) is 17.6. The lowest BCUT2D eigenvalue weighted by Gasteiger charge is -2.22. The molecule has 9 heteroatoms. The monoisotopic (exact) mass is 273 g/mol. The number of ether oxygens (including phenoxy) is 1. The van der Waals surface area contributed by atoms with Crippen LogP contribution in [0.2, 0.25) is 0 Å². The highest BCUT2D eigenvalue weighted by Crippen LogP contribution is 2.19. The Balaban J connectivity index is 2.16. The Morgan fingerprint density at radius 1 is 1.56 bits per heavy atom. The SMILES string of the molecule is N=C(N)c1cn[nH]c1NS(=O)(=O)C1CCOCC1. The first-order valence-corrected chi connectivity index (χ1v) is 7.02. The van der Waals surface area contributed by atoms with Crippen molar-refractivity contribution in [2.24, 2.45) is 5.73 Å². The van der Waals surface area contributed by atoms with Crippen LogP contribution in [0.1, 0.15) is 18.4 Å². The number of rotatable bonds is 4. The van der Waals surface area contributed by atoms with Crippen LogP contribution in [0.5, 0.6) is 0 Å². The number of anilines is 1. The van der Waals surface area contributed by atoms with Crippen molar-refractivity contribution in [3.05, 3.63) is 11.8 Å². The van der Waals surface area contributed by atoms with Gasteiger partial charge in [-0.05, 0) is 12.8 Å². The van der Waals surface area contributed by atoms with Crippen LogP contribution in [-0.4, -0.2) is 42.9 Å². The van der Waals surface area contributed by atoms with Gasteiger partial charge in [0.25, 0.3) is 0 Å². The van der Waals surface area contributed by atoms with Crippen molar-refractivity contribution in [1.82, 2.24) is 10.2 Å². The minimum Gasteiger partial charge on any atom is -0.384 e. The molecule has 0 bridgehead atoms. The predicted octanol–water partition coefficient (Wildman–Crippen LogP) is -0.386. The molecule has 0 atom stereocenters. The second kappa shape index (κ2) is 4.94. The molecule has 100 valence electrons. The maximum Gasteiger partial charge on any atom is 0.236 e. The number of hydrogen-bond acceptors (Lipinski definition) is 5. The average Bonchev–Trinajstić information content (AvgIpc) is 2.78. The van der Waals surface area contributed by atoms with Gasteiger partial charge in [0.05, 0.1) is 17.0 Å². The first-order valence-electron chi connectivity index (χ1n) is 5.48. The molecule has 0 amide bonds. The van der Waals surface area contributed by atoms with E-state index in [-0.39, 0.29) is 17.2 Å². The highest BCUT2D eigenvalue weighted by Gasteiger charge is 2.28. The maximum atomic E-state index is 12.1. The van der Waals surface area contributed by atoms with Crippen molar-refractivity contribution < 1.29 is 13.2 Å². The lowest BCUT2D eigenvalue weighted by molar-refractivity contribution is 0.0984. The molecule has 0 spiro atoms. The Kier molecular flexibility index (Phi) is 3.53. The zero-order chi connectivity index (χ0) is 13.2. The average molecular weight is 273 g/mol. The molecule has 0 radical (unpaired) electrons. The first-order chi connectivity index (χ1) is 8.50. The molecule has 0 aliphatic carbocycles. The minimum absolute atomic E-state index is 0.133. The fourth-order valence-electron chi connectivity index (χ4n) is 1.78. The van der Waals surface area contributed by atoms with Crippen LogP contribution < -0.4 is 10.5 Å². The topological polar surface area (TPSA) is 134 Å². The van der Waals surface area contributed by atoms with Crippen LogP contribution in [0.25, 0.3) is 0 Å². The van der Waals surface area contributed by atoms with Crippen LogP contribution in [0, 0.1) is 5.41 Å². The number of amidine groups is 1. The molecule has 1 saturated heterocycles. The summed E-state index contributed by atoms with van der Waals surface area (Å²) in [5, 5.41) is 13.0. The molecule has 8 nitrogen and oxygen atoms in total. The summed E-state index contributed by atoms with van der Waals surface area (Å²) in [6.45, 7) is 0.877. The Labute approximate surface area is 104 Å². The van der Waals surface area contributed by atoms with E-state index in [9.17, 15) is 8.42 Å². The molecule has 18 heavy (non-hydrogen) atoms. The van der Waals surface area contributed by atoms with Crippen molar-refractivity contribution in [2.75, 3.05) is 17.9 Å². The summed E-state index contributed by atoms with van der Waals surface area (Å²) in [5.41, 5.74) is 5.57. The maximum absolute atomic E-state index is 12.1. The summed E-state index contributed by atoms with van der Waals surface area (Å²) in [5.74, 6) is -0.109. The van der Waals surface area contributed by atoms with Crippen LogP contribution in [0.15, 0.2) is 6.20 Å². The van der Waals surface area contributed by atoms with Crippen LogP contribution in [0.3, 0.4) is 0 Å². The van der Waals surface area contributed by atoms with Crippen LogP contribution >= 0.6 is 0 Å². The molecular weight excluding hydrogens is 258 g/mol. The molecule has 5 N–H and O–H groups in total. The third kappa shape index (κ3) is 2.62. The quantitative estimate of drug-likeness (QED) is 0.438. The Morgan fingerprint density at radius 3 is 2.83 bits per heavy atom. The summed E-state index contributed by atoms with van der Waals surface area (Å²) in [6.07, 6.45) is 2.22. The lowest BCUT2D eigenvalue weighted by Crippen LogP contribution is -2.33. The number of nitrogen functional groups attached to an aromatic ring is 1. The van der Waals surface area contributed by atoms with E-state index >= 15 is 0 Å². The molecular formula is C9H15N5O3S. The standard InChI is InChI=1S/C9H15N5O3S/c10-8(11)7-5-12-13-9(7)14-18(15,16)6-1-3-17-4-2-6/h5-6H,1-4H2,(H3,10,11)(H2,12,13,14). The van der Waals surface area contributed by atoms with Gasteiger partial charge in [-0.3, -0.25) is 15.2 Å². The highest BCUT2D eigenvalue weighted by molar-refractivity contribution is 7.93. The van der Waals surface area contributed by atoms with Gasteiger partial charge < -0.3 is 10.5 Å². The number of aromatic nitrogens is 2. The summed E-state index contributed by atoms with van der Waals surface area (Å²) >= 11 is 0. The number of sulfonamides is 1. The summed E-state index contributed by atoms with van der Waals surface area (Å²) in [6, 6.07) is 0. The number of nitrogens with one attached hydrogen (secondary N) is 3. The van der Waals surface area contributed by atoms with Gasteiger partial charge >= 0.3 is 0 Å². The van der Waals surface area contributed by atoms with E-state index in [1.807, 2.05) is 0 Å². The van der Waals surface area contributed by atoms with Crippen molar-refractivity contribution in [2.45, 2.75) is 18.1 Å². The lowest BCUT2D eigenvalue weighted by atomic mass is 10.2. The Bertz CT molecular complexity index is 532. The molecule has 1 aliphatic rings. The van der Waals surface area contributed by atoms with Gasteiger partial charge in [0.2, 0.25) is 10.0 Å². The smallest absolute Gasteiger partial charge is 0.236 e. The predicted molar refractivity (Wildman–Crippen MR) is 66.0 cm³/mol. The molecule has 1 fully saturated rings. The number of H-pyrrole nitrogens is 1. The van der Waals surface area contributed by atoms with Gasteiger partial charge in [0, 0.05) is 13.2 Å². The number of aromatic amines is 1. The summed E-state index contributed by atoms with van der Waals surface area (Å²) in [4.78, 5) is 0. The Morgan fingerprint density at radius 2 is 2.22 bits per heavy atom. The van der Waals surface area contributed by atoms with Crippen molar-refractivity contribution >= 4 is 21.7 Å². The van der Waals surface area contributed by atoms with Gasteiger partial charge in [0.1, 0.15) is 11.7 Å². The van der Waals surface area contributed by atoms with Gasteiger partial charge in [-0.25, -0.2) is 8.42 Å². The van der Waals surface area contributed by atoms with E-state index in [0.29, 0.717) is 26.1 Å². The largest absolute Gasteiger partial charge is 0.384 e. The molecule has 1 aromatic rings. The molecule has 1 aliphatic heterocycles. The second-order valence-corrected chi connectivity index (χ2v) is 5.99. The van der Waals surface area contributed by atoms with E-state index in [1.165, 1.54) is 6.20 Å². The van der Waals surface area contributed by atoms with Crippen molar-refractivity contribution in [3.63, 3.8) is 0 Å². The number of nitrogens with two attached hydrogens (primary N) is 1. The van der Waals surface area contributed by atoms with Gasteiger partial charge in [-0.15, -0.1) is 0 Å². The summed E-state index contributed by atoms with van der Waals surface area (Å²) < 4.78 is 31.7. The highest BCUT2D eigenvalue weighted by atomic mass is 32.2. The molecule has 2 rings (SSSR count). The Hall–Kier alpha value is -1.61. The van der Waals surface area contributed by atoms with Crippen molar-refractivity contribution in [1.29, 1.82) is 5.41 Å². The van der Waals surface area contributed by atoms with Crippen LogP contribution in [0.4, 0.5) is 5.82 Å². The van der Waals surface area contributed by atoms with E-state index < -0.39 is 15.3 Å². The molecule has 0 saturated carbocycles. The zero-order valence-corrected chi connectivity index (χ0v) is 10.5. The third-order valence-electron chi connectivity index (χ3n) is 2.78. The van der Waals surface area contributed by atoms with E-state index in [2.05, 4.69) is 14.9 Å². The van der Waals surface area contributed by atoms with Gasteiger partial charge in [-0.2, -0.15) is 5.10 Å². The van der Waals surface area contributed by atoms with Gasteiger partial charge in [0.15, 0.2) is 0 Å². The second-order valence-electron chi connectivity index (χ2n) is 4.03. The summed E-state index contributed by atoms with van der Waals surface area (Å²) in [7, 11) is -3.52. The van der Waals surface area contributed by atoms with E-state index in [0.717, 1.165) is 0 Å². The first kappa shape index (κ1) is 12.8. The number of nitrogens with zero attached hydrogens (tertiary/aromatic N) is 1. The van der Waals surface area contributed by atoms with E-state index in [1.54, 1.807) is 0 Å². The fraction of sp³-hybridized carbons (Fsp3) is 0.556. The molecule has 2 heterocycles. The zero-order valence-electron chi connectivity index (χ0n) is 9.64. The van der Waals surface area contributed by atoms with E-state index in [4.69, 9.17) is 15.9 Å². The molecule has 0 unspecified atom stereocenters. The third-order valence-corrected chi connectivity index (χ3v) is 4.62.